The van der Waals surface area contributed by atoms with E-state index in [1.165, 1.54) is 0 Å². The number of rotatable bonds is 8. The number of carbonyl (C=O) groups is 2. The second kappa shape index (κ2) is 7.35. The normalized spacial score (nSPS) is 10.4. The van der Waals surface area contributed by atoms with Crippen LogP contribution in [0.3, 0.4) is 0 Å². The molecule has 14 heavy (non-hydrogen) atoms. The largest absolute Gasteiger partial charge is 0.481 e. The van der Waals surface area contributed by atoms with Gasteiger partial charge in [-0.3, -0.25) is 9.59 Å². The summed E-state index contributed by atoms with van der Waals surface area (Å²) in [6.07, 6.45) is 3.37. The van der Waals surface area contributed by atoms with Crippen molar-refractivity contribution in [3.8, 4) is 0 Å². The first-order valence-electron chi connectivity index (χ1n) is 4.99. The van der Waals surface area contributed by atoms with E-state index in [4.69, 9.17) is 10.2 Å². The summed E-state index contributed by atoms with van der Waals surface area (Å²) in [5.74, 6) is -1.37. The van der Waals surface area contributed by atoms with Crippen molar-refractivity contribution in [2.45, 2.75) is 45.4 Å². The highest BCUT2D eigenvalue weighted by molar-refractivity contribution is 5.67. The van der Waals surface area contributed by atoms with Crippen molar-refractivity contribution < 1.29 is 19.8 Å². The third-order valence-electron chi connectivity index (χ3n) is 2.23. The SMILES string of the molecule is CCCC(CCC(=O)O)CCC(=O)O. The highest BCUT2D eigenvalue weighted by Crippen LogP contribution is 2.19. The first kappa shape index (κ1) is 12.9. The number of hydrogen-bond donors (Lipinski definition) is 2. The lowest BCUT2D eigenvalue weighted by atomic mass is 9.93. The van der Waals surface area contributed by atoms with Gasteiger partial charge in [0.15, 0.2) is 0 Å². The van der Waals surface area contributed by atoms with Gasteiger partial charge in [-0.15, -0.1) is 0 Å². The molecule has 0 fully saturated rings. The van der Waals surface area contributed by atoms with E-state index in [9.17, 15) is 9.59 Å². The zero-order chi connectivity index (χ0) is 11.0. The van der Waals surface area contributed by atoms with Crippen LogP contribution in [0.2, 0.25) is 0 Å². The van der Waals surface area contributed by atoms with Gasteiger partial charge >= 0.3 is 11.9 Å². The molecule has 4 nitrogen and oxygen atoms in total. The van der Waals surface area contributed by atoms with E-state index in [1.807, 2.05) is 6.92 Å². The van der Waals surface area contributed by atoms with Gasteiger partial charge in [0.1, 0.15) is 0 Å². The number of aliphatic carboxylic acids is 2. The molecule has 0 bridgehead atoms. The lowest BCUT2D eigenvalue weighted by molar-refractivity contribution is -0.137. The molecule has 0 atom stereocenters. The Hall–Kier alpha value is -1.06. The molecule has 0 amide bonds. The van der Waals surface area contributed by atoms with E-state index in [-0.39, 0.29) is 18.8 Å². The topological polar surface area (TPSA) is 74.6 Å². The van der Waals surface area contributed by atoms with Gasteiger partial charge < -0.3 is 10.2 Å². The van der Waals surface area contributed by atoms with Gasteiger partial charge in [-0.25, -0.2) is 0 Å². The van der Waals surface area contributed by atoms with Crippen LogP contribution in [0.4, 0.5) is 0 Å². The van der Waals surface area contributed by atoms with Crippen molar-refractivity contribution in [2.75, 3.05) is 0 Å². The van der Waals surface area contributed by atoms with Crippen LogP contribution in [0.15, 0.2) is 0 Å². The standard InChI is InChI=1S/C10H18O4/c1-2-3-8(4-6-9(11)12)5-7-10(13)14/h8H,2-7H2,1H3,(H,11,12)(H,13,14). The van der Waals surface area contributed by atoms with Crippen LogP contribution in [0.5, 0.6) is 0 Å². The van der Waals surface area contributed by atoms with Crippen LogP contribution >= 0.6 is 0 Å². The number of carboxylic acid groups (broad SMARTS) is 2. The van der Waals surface area contributed by atoms with Crippen LogP contribution in [-0.4, -0.2) is 22.2 Å². The van der Waals surface area contributed by atoms with Crippen molar-refractivity contribution in [1.82, 2.24) is 0 Å². The highest BCUT2D eigenvalue weighted by atomic mass is 16.4. The minimum Gasteiger partial charge on any atom is -0.481 e. The average molecular weight is 202 g/mol. The molecular weight excluding hydrogens is 184 g/mol. The first-order valence-corrected chi connectivity index (χ1v) is 4.99. The van der Waals surface area contributed by atoms with Crippen LogP contribution in [0, 0.1) is 5.92 Å². The summed E-state index contributed by atoms with van der Waals surface area (Å²) in [5.41, 5.74) is 0. The van der Waals surface area contributed by atoms with Crippen LogP contribution in [0.1, 0.15) is 45.4 Å². The summed E-state index contributed by atoms with van der Waals surface area (Å²) in [4.78, 5) is 20.7. The predicted molar refractivity (Wildman–Crippen MR) is 52.1 cm³/mol. The maximum Gasteiger partial charge on any atom is 0.303 e. The zero-order valence-electron chi connectivity index (χ0n) is 8.53. The van der Waals surface area contributed by atoms with Crippen LogP contribution in [0.25, 0.3) is 0 Å². The van der Waals surface area contributed by atoms with Crippen molar-refractivity contribution >= 4 is 11.9 Å². The van der Waals surface area contributed by atoms with Crippen molar-refractivity contribution in [1.29, 1.82) is 0 Å². The quantitative estimate of drug-likeness (QED) is 0.632. The summed E-state index contributed by atoms with van der Waals surface area (Å²) in [7, 11) is 0. The fraction of sp³-hybridized carbons (Fsp3) is 0.800. The van der Waals surface area contributed by atoms with Crippen LogP contribution < -0.4 is 0 Å². The summed E-state index contributed by atoms with van der Waals surface area (Å²) >= 11 is 0. The van der Waals surface area contributed by atoms with Gasteiger partial charge in [0.05, 0.1) is 0 Å². The Morgan fingerprint density at radius 1 is 1.00 bits per heavy atom. The molecule has 4 heteroatoms. The zero-order valence-corrected chi connectivity index (χ0v) is 8.53. The smallest absolute Gasteiger partial charge is 0.303 e. The number of carboxylic acids is 2. The van der Waals surface area contributed by atoms with E-state index >= 15 is 0 Å². The molecular formula is C10H18O4. The monoisotopic (exact) mass is 202 g/mol. The highest BCUT2D eigenvalue weighted by Gasteiger charge is 2.11. The third-order valence-corrected chi connectivity index (χ3v) is 2.23. The van der Waals surface area contributed by atoms with E-state index in [0.717, 1.165) is 12.8 Å². The molecule has 0 aliphatic carbocycles. The Morgan fingerprint density at radius 3 is 1.71 bits per heavy atom. The minimum atomic E-state index is -0.804. The maximum atomic E-state index is 10.3. The Bertz CT molecular complexity index is 171. The number of hydrogen-bond acceptors (Lipinski definition) is 2. The third kappa shape index (κ3) is 7.58. The molecule has 82 valence electrons. The van der Waals surface area contributed by atoms with Crippen molar-refractivity contribution in [2.24, 2.45) is 5.92 Å². The Kier molecular flexibility index (Phi) is 6.80. The summed E-state index contributed by atoms with van der Waals surface area (Å²) in [6, 6.07) is 0. The maximum absolute atomic E-state index is 10.3. The molecule has 2 N–H and O–H groups in total. The lowest BCUT2D eigenvalue weighted by Gasteiger charge is -2.13. The molecule has 0 heterocycles. The minimum absolute atomic E-state index is 0.143. The molecule has 0 aliphatic heterocycles. The van der Waals surface area contributed by atoms with Crippen molar-refractivity contribution in [3.05, 3.63) is 0 Å². The molecule has 0 aromatic carbocycles. The molecule has 0 aromatic rings. The molecule has 0 spiro atoms. The van der Waals surface area contributed by atoms with E-state index in [0.29, 0.717) is 12.8 Å². The van der Waals surface area contributed by atoms with Crippen molar-refractivity contribution in [3.63, 3.8) is 0 Å². The molecule has 0 rings (SSSR count). The fourth-order valence-electron chi connectivity index (χ4n) is 1.50. The van der Waals surface area contributed by atoms with E-state index in [2.05, 4.69) is 0 Å². The summed E-state index contributed by atoms with van der Waals surface area (Å²) in [6.45, 7) is 2.02. The molecule has 0 aromatic heterocycles. The second-order valence-corrected chi connectivity index (χ2v) is 3.52. The lowest BCUT2D eigenvalue weighted by Crippen LogP contribution is -2.07. The van der Waals surface area contributed by atoms with Gasteiger partial charge in [0.2, 0.25) is 0 Å². The van der Waals surface area contributed by atoms with E-state index in [1.54, 1.807) is 0 Å². The fourth-order valence-corrected chi connectivity index (χ4v) is 1.50. The summed E-state index contributed by atoms with van der Waals surface area (Å²) < 4.78 is 0. The molecule has 0 aliphatic rings. The van der Waals surface area contributed by atoms with Crippen LogP contribution in [-0.2, 0) is 9.59 Å². The Balaban J connectivity index is 3.76. The first-order chi connectivity index (χ1) is 6.56. The van der Waals surface area contributed by atoms with E-state index < -0.39 is 11.9 Å². The molecule has 0 saturated carbocycles. The Labute approximate surface area is 83.9 Å². The van der Waals surface area contributed by atoms with Gasteiger partial charge in [-0.05, 0) is 18.8 Å². The second-order valence-electron chi connectivity index (χ2n) is 3.52. The molecule has 0 unspecified atom stereocenters. The molecule has 0 saturated heterocycles. The van der Waals surface area contributed by atoms with Gasteiger partial charge in [-0.1, -0.05) is 19.8 Å². The van der Waals surface area contributed by atoms with Gasteiger partial charge in [0.25, 0.3) is 0 Å². The Morgan fingerprint density at radius 2 is 1.43 bits per heavy atom. The summed E-state index contributed by atoms with van der Waals surface area (Å²) in [5, 5.41) is 17.0. The predicted octanol–water partition coefficient (Wildman–Crippen LogP) is 2.13. The van der Waals surface area contributed by atoms with Gasteiger partial charge in [0, 0.05) is 12.8 Å². The van der Waals surface area contributed by atoms with Gasteiger partial charge in [-0.2, -0.15) is 0 Å². The average Bonchev–Trinajstić information content (AvgIpc) is 2.09. The molecule has 0 radical (unpaired) electrons.